The molecule has 6 nitrogen and oxygen atoms in total. The summed E-state index contributed by atoms with van der Waals surface area (Å²) in [7, 11) is 0. The minimum Gasteiger partial charge on any atom is -0.297 e. The van der Waals surface area contributed by atoms with Crippen molar-refractivity contribution in [2.24, 2.45) is 5.41 Å². The summed E-state index contributed by atoms with van der Waals surface area (Å²) in [5, 5.41) is 13.7. The molecule has 23 heavy (non-hydrogen) atoms. The van der Waals surface area contributed by atoms with Gasteiger partial charge in [-0.3, -0.25) is 9.47 Å². The summed E-state index contributed by atoms with van der Waals surface area (Å²) in [6, 6.07) is 5.58. The van der Waals surface area contributed by atoms with E-state index in [1.807, 2.05) is 29.4 Å². The third-order valence-corrected chi connectivity index (χ3v) is 5.32. The Hall–Kier alpha value is -2.13. The molecule has 6 heteroatoms. The van der Waals surface area contributed by atoms with Crippen LogP contribution in [-0.2, 0) is 0 Å². The molecule has 0 atom stereocenters. The summed E-state index contributed by atoms with van der Waals surface area (Å²) >= 11 is 0. The summed E-state index contributed by atoms with van der Waals surface area (Å²) in [6.45, 7) is 3.93. The van der Waals surface area contributed by atoms with Crippen molar-refractivity contribution in [3.05, 3.63) is 31.0 Å². The quantitative estimate of drug-likeness (QED) is 0.873. The van der Waals surface area contributed by atoms with Gasteiger partial charge < -0.3 is 0 Å². The second-order valence-electron chi connectivity index (χ2n) is 7.14. The lowest BCUT2D eigenvalue weighted by Crippen LogP contribution is -2.58. The maximum absolute atomic E-state index is 9.15. The van der Waals surface area contributed by atoms with Crippen molar-refractivity contribution in [3.63, 3.8) is 0 Å². The minimum atomic E-state index is -0.118. The van der Waals surface area contributed by atoms with Crippen molar-refractivity contribution in [2.45, 2.75) is 44.7 Å². The molecule has 2 aliphatic rings. The first kappa shape index (κ1) is 14.5. The second-order valence-corrected chi connectivity index (χ2v) is 7.14. The van der Waals surface area contributed by atoms with Crippen LogP contribution in [0, 0.1) is 16.7 Å². The average Bonchev–Trinajstić information content (AvgIpc) is 3.22. The summed E-state index contributed by atoms with van der Waals surface area (Å²) in [6.07, 6.45) is 12.1. The van der Waals surface area contributed by atoms with Gasteiger partial charge in [-0.05, 0) is 32.6 Å². The Morgan fingerprint density at radius 2 is 1.91 bits per heavy atom. The zero-order chi connectivity index (χ0) is 15.9. The fraction of sp³-hybridized carbons (Fsp3) is 0.588. The van der Waals surface area contributed by atoms with Crippen molar-refractivity contribution in [1.29, 1.82) is 5.26 Å². The Kier molecular flexibility index (Phi) is 3.46. The molecular weight excluding hydrogens is 288 g/mol. The molecule has 0 bridgehead atoms. The third-order valence-electron chi connectivity index (χ3n) is 5.32. The highest BCUT2D eigenvalue weighted by atomic mass is 15.4. The lowest BCUT2D eigenvalue weighted by Gasteiger charge is -2.49. The Morgan fingerprint density at radius 1 is 1.17 bits per heavy atom. The zero-order valence-corrected chi connectivity index (χ0v) is 13.5. The number of hydrogen-bond acceptors (Lipinski definition) is 4. The number of imidazole rings is 1. The molecule has 120 valence electrons. The van der Waals surface area contributed by atoms with E-state index in [9.17, 15) is 0 Å². The summed E-state index contributed by atoms with van der Waals surface area (Å²) < 4.78 is 4.17. The van der Waals surface area contributed by atoms with Gasteiger partial charge in [0.2, 0.25) is 0 Å². The van der Waals surface area contributed by atoms with Gasteiger partial charge in [0.05, 0.1) is 23.7 Å². The van der Waals surface area contributed by atoms with Gasteiger partial charge in [-0.25, -0.2) is 9.67 Å². The van der Waals surface area contributed by atoms with E-state index < -0.39 is 0 Å². The Morgan fingerprint density at radius 3 is 2.57 bits per heavy atom. The number of rotatable bonds is 3. The van der Waals surface area contributed by atoms with Crippen molar-refractivity contribution in [1.82, 2.24) is 24.2 Å². The van der Waals surface area contributed by atoms with E-state index in [1.165, 1.54) is 12.8 Å². The van der Waals surface area contributed by atoms with Crippen LogP contribution in [0.4, 0.5) is 0 Å². The first-order valence-electron chi connectivity index (χ1n) is 8.36. The van der Waals surface area contributed by atoms with Crippen LogP contribution in [-0.4, -0.2) is 43.4 Å². The molecule has 4 rings (SSSR count). The van der Waals surface area contributed by atoms with Gasteiger partial charge in [0.15, 0.2) is 0 Å². The SMILES string of the molecule is CC1(C#N)CN([C@H]2CC[C@H](n3nccc3-n3ccnc3)CC2)C1. The van der Waals surface area contributed by atoms with Crippen LogP contribution in [0.3, 0.4) is 0 Å². The largest absolute Gasteiger partial charge is 0.297 e. The van der Waals surface area contributed by atoms with Crippen molar-refractivity contribution < 1.29 is 0 Å². The van der Waals surface area contributed by atoms with Crippen LogP contribution in [0.15, 0.2) is 31.0 Å². The van der Waals surface area contributed by atoms with Crippen LogP contribution in [0.1, 0.15) is 38.6 Å². The number of nitriles is 1. The summed E-state index contributed by atoms with van der Waals surface area (Å²) in [5.41, 5.74) is -0.118. The Labute approximate surface area is 136 Å². The maximum Gasteiger partial charge on any atom is 0.136 e. The first-order valence-corrected chi connectivity index (χ1v) is 8.36. The smallest absolute Gasteiger partial charge is 0.136 e. The van der Waals surface area contributed by atoms with Crippen LogP contribution in [0.25, 0.3) is 5.82 Å². The van der Waals surface area contributed by atoms with E-state index in [4.69, 9.17) is 5.26 Å². The molecular formula is C17H22N6. The molecule has 0 amide bonds. The Balaban J connectivity index is 1.40. The zero-order valence-electron chi connectivity index (χ0n) is 13.5. The maximum atomic E-state index is 9.15. The van der Waals surface area contributed by atoms with Gasteiger partial charge in [-0.1, -0.05) is 0 Å². The minimum absolute atomic E-state index is 0.118. The van der Waals surface area contributed by atoms with Gasteiger partial charge in [0.25, 0.3) is 0 Å². The van der Waals surface area contributed by atoms with E-state index in [0.29, 0.717) is 12.1 Å². The molecule has 0 unspecified atom stereocenters. The molecule has 1 saturated heterocycles. The van der Waals surface area contributed by atoms with Gasteiger partial charge in [-0.2, -0.15) is 10.4 Å². The number of likely N-dealkylation sites (tertiary alicyclic amines) is 1. The topological polar surface area (TPSA) is 62.7 Å². The molecule has 1 saturated carbocycles. The second kappa shape index (κ2) is 5.50. The van der Waals surface area contributed by atoms with Gasteiger partial charge in [0.1, 0.15) is 12.1 Å². The molecule has 2 aromatic heterocycles. The molecule has 0 radical (unpaired) electrons. The van der Waals surface area contributed by atoms with E-state index in [2.05, 4.69) is 32.7 Å². The van der Waals surface area contributed by atoms with Crippen molar-refractivity contribution in [2.75, 3.05) is 13.1 Å². The highest BCUT2D eigenvalue weighted by Crippen LogP contribution is 2.38. The summed E-state index contributed by atoms with van der Waals surface area (Å²) in [4.78, 5) is 6.61. The normalized spacial score (nSPS) is 27.3. The Bertz CT molecular complexity index is 696. The van der Waals surface area contributed by atoms with Gasteiger partial charge in [0, 0.05) is 37.6 Å². The lowest BCUT2D eigenvalue weighted by molar-refractivity contribution is -0.000656. The van der Waals surface area contributed by atoms with E-state index in [-0.39, 0.29) is 5.41 Å². The molecule has 1 aliphatic heterocycles. The molecule has 3 heterocycles. The third kappa shape index (κ3) is 2.55. The van der Waals surface area contributed by atoms with Gasteiger partial charge >= 0.3 is 0 Å². The van der Waals surface area contributed by atoms with Crippen LogP contribution < -0.4 is 0 Å². The fourth-order valence-corrected chi connectivity index (χ4v) is 4.03. The molecule has 2 aromatic rings. The fourth-order valence-electron chi connectivity index (χ4n) is 4.03. The van der Waals surface area contributed by atoms with E-state index in [1.54, 1.807) is 6.20 Å². The van der Waals surface area contributed by atoms with Crippen molar-refractivity contribution in [3.8, 4) is 11.9 Å². The average molecular weight is 310 g/mol. The number of nitrogens with zero attached hydrogens (tertiary/aromatic N) is 6. The van der Waals surface area contributed by atoms with Crippen molar-refractivity contribution >= 4 is 0 Å². The van der Waals surface area contributed by atoms with Crippen LogP contribution in [0.5, 0.6) is 0 Å². The number of hydrogen-bond donors (Lipinski definition) is 0. The molecule has 0 spiro atoms. The van der Waals surface area contributed by atoms with Crippen LogP contribution >= 0.6 is 0 Å². The monoisotopic (exact) mass is 310 g/mol. The molecule has 2 fully saturated rings. The molecule has 1 aliphatic carbocycles. The van der Waals surface area contributed by atoms with Gasteiger partial charge in [-0.15, -0.1) is 0 Å². The number of aromatic nitrogens is 4. The summed E-state index contributed by atoms with van der Waals surface area (Å²) in [5.74, 6) is 1.09. The van der Waals surface area contributed by atoms with E-state index >= 15 is 0 Å². The molecule has 0 N–H and O–H groups in total. The highest BCUT2D eigenvalue weighted by molar-refractivity contribution is 5.22. The van der Waals surface area contributed by atoms with E-state index in [0.717, 1.165) is 31.7 Å². The lowest BCUT2D eigenvalue weighted by atomic mass is 9.79. The van der Waals surface area contributed by atoms with Crippen LogP contribution in [0.2, 0.25) is 0 Å². The predicted octanol–water partition coefficient (Wildman–Crippen LogP) is 2.40. The first-order chi connectivity index (χ1) is 11.2. The molecule has 0 aromatic carbocycles. The standard InChI is InChI=1S/C17H22N6/c1-17(10-18)11-22(12-17)14-2-4-15(5-3-14)23-16(6-7-20-23)21-9-8-19-13-21/h6-9,13-15H,2-5,11-12H2,1H3/t14-,15-. The highest BCUT2D eigenvalue weighted by Gasteiger charge is 2.43. The predicted molar refractivity (Wildman–Crippen MR) is 85.9 cm³/mol.